The summed E-state index contributed by atoms with van der Waals surface area (Å²) < 4.78 is 45.2. The van der Waals surface area contributed by atoms with Gasteiger partial charge in [-0.1, -0.05) is 29.8 Å². The average molecular weight is 477 g/mol. The summed E-state index contributed by atoms with van der Waals surface area (Å²) in [6.07, 6.45) is 2.02. The Bertz CT molecular complexity index is 1060. The topological polar surface area (TPSA) is 92.8 Å². The van der Waals surface area contributed by atoms with Gasteiger partial charge in [0.15, 0.2) is 0 Å². The van der Waals surface area contributed by atoms with Gasteiger partial charge in [-0.25, -0.2) is 12.8 Å². The molecule has 0 radical (unpaired) electrons. The van der Waals surface area contributed by atoms with Gasteiger partial charge in [-0.05, 0) is 56.0 Å². The molecule has 1 atom stereocenters. The lowest BCUT2D eigenvalue weighted by Crippen LogP contribution is -2.43. The molecule has 2 aromatic carbocycles. The quantitative estimate of drug-likeness (QED) is 0.444. The number of piperidine rings is 1. The molecule has 1 unspecified atom stereocenters. The Hall–Kier alpha value is -2.78. The molecule has 1 aliphatic heterocycles. The first-order chi connectivity index (χ1) is 15.8. The van der Waals surface area contributed by atoms with Crippen LogP contribution in [0.3, 0.4) is 0 Å². The number of sulfonamides is 1. The fourth-order valence-corrected chi connectivity index (χ4v) is 5.19. The highest BCUT2D eigenvalue weighted by atomic mass is 32.2. The number of esters is 1. The zero-order valence-electron chi connectivity index (χ0n) is 18.6. The first-order valence-electron chi connectivity index (χ1n) is 11.0. The zero-order chi connectivity index (χ0) is 23.8. The summed E-state index contributed by atoms with van der Waals surface area (Å²) in [7, 11) is -3.81. The number of halogens is 1. The Labute approximate surface area is 194 Å². The van der Waals surface area contributed by atoms with Crippen LogP contribution in [0.5, 0.6) is 0 Å². The summed E-state index contributed by atoms with van der Waals surface area (Å²) in [5, 5.41) is 2.73. The molecule has 1 amide bonds. The van der Waals surface area contributed by atoms with Crippen LogP contribution in [0.25, 0.3) is 0 Å². The second-order valence-electron chi connectivity index (χ2n) is 8.16. The minimum atomic E-state index is -3.81. The Morgan fingerprint density at radius 3 is 2.52 bits per heavy atom. The van der Waals surface area contributed by atoms with Gasteiger partial charge in [0.2, 0.25) is 15.9 Å². The Balaban J connectivity index is 1.40. The van der Waals surface area contributed by atoms with Crippen molar-refractivity contribution in [3.63, 3.8) is 0 Å². The molecule has 0 saturated carbocycles. The van der Waals surface area contributed by atoms with Crippen LogP contribution in [0, 0.1) is 18.7 Å². The van der Waals surface area contributed by atoms with E-state index in [4.69, 9.17) is 4.74 Å². The van der Waals surface area contributed by atoms with E-state index in [0.29, 0.717) is 32.2 Å². The Morgan fingerprint density at radius 1 is 1.12 bits per heavy atom. The number of hydrogen-bond acceptors (Lipinski definition) is 5. The van der Waals surface area contributed by atoms with Gasteiger partial charge in [-0.3, -0.25) is 9.59 Å². The van der Waals surface area contributed by atoms with Crippen LogP contribution in [0.2, 0.25) is 0 Å². The molecule has 7 nitrogen and oxygen atoms in total. The number of hydrogen-bond donors (Lipinski definition) is 1. The number of carbonyl (C=O) groups excluding carboxylic acids is 2. The number of amides is 1. The molecule has 2 aromatic rings. The van der Waals surface area contributed by atoms with Crippen molar-refractivity contribution >= 4 is 21.9 Å². The molecule has 1 fully saturated rings. The van der Waals surface area contributed by atoms with E-state index in [9.17, 15) is 22.4 Å². The summed E-state index contributed by atoms with van der Waals surface area (Å²) in [5.41, 5.74) is 2.25. The van der Waals surface area contributed by atoms with E-state index in [2.05, 4.69) is 5.32 Å². The number of rotatable bonds is 9. The lowest BCUT2D eigenvalue weighted by molar-refractivity contribution is -0.150. The monoisotopic (exact) mass is 476 g/mol. The van der Waals surface area contributed by atoms with Crippen LogP contribution < -0.4 is 5.32 Å². The van der Waals surface area contributed by atoms with E-state index in [0.717, 1.165) is 17.7 Å². The van der Waals surface area contributed by atoms with E-state index in [1.165, 1.54) is 22.0 Å². The molecule has 9 heteroatoms. The first kappa shape index (κ1) is 24.9. The largest absolute Gasteiger partial charge is 0.464 e. The van der Waals surface area contributed by atoms with E-state index < -0.39 is 27.7 Å². The van der Waals surface area contributed by atoms with Crippen molar-refractivity contribution in [1.29, 1.82) is 0 Å². The molecule has 0 aromatic heterocycles. The van der Waals surface area contributed by atoms with Crippen LogP contribution in [0.4, 0.5) is 4.39 Å². The third-order valence-corrected chi connectivity index (χ3v) is 7.48. The van der Waals surface area contributed by atoms with Crippen molar-refractivity contribution in [3.05, 3.63) is 65.5 Å². The summed E-state index contributed by atoms with van der Waals surface area (Å²) >= 11 is 0. The lowest BCUT2D eigenvalue weighted by atomic mass is 10.0. The molecule has 0 aliphatic carbocycles. The third-order valence-electron chi connectivity index (χ3n) is 5.60. The zero-order valence-corrected chi connectivity index (χ0v) is 19.4. The van der Waals surface area contributed by atoms with Gasteiger partial charge >= 0.3 is 5.97 Å². The SMILES string of the molecule is Cc1ccc(CCC(=O)NCCOC(=O)C2CCCN(S(=O)(=O)c3ccc(F)cc3)C2)cc1. The van der Waals surface area contributed by atoms with Crippen molar-refractivity contribution in [2.75, 3.05) is 26.2 Å². The molecule has 178 valence electrons. The van der Waals surface area contributed by atoms with Gasteiger partial charge in [0.25, 0.3) is 0 Å². The van der Waals surface area contributed by atoms with Gasteiger partial charge in [0.05, 0.1) is 17.4 Å². The van der Waals surface area contributed by atoms with E-state index >= 15 is 0 Å². The molecule has 33 heavy (non-hydrogen) atoms. The van der Waals surface area contributed by atoms with Crippen molar-refractivity contribution < 1.29 is 27.1 Å². The summed E-state index contributed by atoms with van der Waals surface area (Å²) in [5.74, 6) is -1.70. The number of benzene rings is 2. The second kappa shape index (κ2) is 11.4. The normalized spacial score (nSPS) is 16.8. The molecule has 1 saturated heterocycles. The molecular weight excluding hydrogens is 447 g/mol. The van der Waals surface area contributed by atoms with Crippen LogP contribution in [0.1, 0.15) is 30.4 Å². The number of carbonyl (C=O) groups is 2. The maximum absolute atomic E-state index is 13.1. The van der Waals surface area contributed by atoms with Crippen LogP contribution in [0.15, 0.2) is 53.4 Å². The molecule has 3 rings (SSSR count). The van der Waals surface area contributed by atoms with Crippen LogP contribution >= 0.6 is 0 Å². The molecule has 1 aliphatic rings. The fraction of sp³-hybridized carbons (Fsp3) is 0.417. The molecular formula is C24H29FN2O5S. The summed E-state index contributed by atoms with van der Waals surface area (Å²) in [4.78, 5) is 24.4. The second-order valence-corrected chi connectivity index (χ2v) is 10.1. The van der Waals surface area contributed by atoms with Gasteiger partial charge < -0.3 is 10.1 Å². The minimum absolute atomic E-state index is 0.00809. The number of aryl methyl sites for hydroxylation is 2. The summed E-state index contributed by atoms with van der Waals surface area (Å²) in [6.45, 7) is 2.54. The number of ether oxygens (including phenoxy) is 1. The highest BCUT2D eigenvalue weighted by molar-refractivity contribution is 7.89. The number of nitrogens with one attached hydrogen (secondary N) is 1. The first-order valence-corrected chi connectivity index (χ1v) is 12.4. The van der Waals surface area contributed by atoms with Gasteiger partial charge in [0.1, 0.15) is 12.4 Å². The van der Waals surface area contributed by atoms with Crippen LogP contribution in [-0.4, -0.2) is 50.8 Å². The van der Waals surface area contributed by atoms with Gasteiger partial charge in [0, 0.05) is 19.5 Å². The predicted octanol–water partition coefficient (Wildman–Crippen LogP) is 2.83. The highest BCUT2D eigenvalue weighted by Crippen LogP contribution is 2.24. The highest BCUT2D eigenvalue weighted by Gasteiger charge is 2.34. The number of nitrogens with zero attached hydrogens (tertiary/aromatic N) is 1. The Kier molecular flexibility index (Phi) is 8.57. The predicted molar refractivity (Wildman–Crippen MR) is 121 cm³/mol. The van der Waals surface area contributed by atoms with E-state index in [-0.39, 0.29) is 30.5 Å². The van der Waals surface area contributed by atoms with Crippen molar-refractivity contribution in [2.45, 2.75) is 37.5 Å². The molecule has 0 bridgehead atoms. The maximum Gasteiger partial charge on any atom is 0.310 e. The van der Waals surface area contributed by atoms with Crippen molar-refractivity contribution in [3.8, 4) is 0 Å². The van der Waals surface area contributed by atoms with E-state index in [1.54, 1.807) is 0 Å². The van der Waals surface area contributed by atoms with Gasteiger partial charge in [-0.2, -0.15) is 4.31 Å². The third kappa shape index (κ3) is 7.10. The maximum atomic E-state index is 13.1. The van der Waals surface area contributed by atoms with Gasteiger partial charge in [-0.15, -0.1) is 0 Å². The molecule has 0 spiro atoms. The minimum Gasteiger partial charge on any atom is -0.464 e. The fourth-order valence-electron chi connectivity index (χ4n) is 3.67. The Morgan fingerprint density at radius 2 is 1.82 bits per heavy atom. The van der Waals surface area contributed by atoms with Crippen LogP contribution in [-0.2, 0) is 30.8 Å². The average Bonchev–Trinajstić information content (AvgIpc) is 2.81. The van der Waals surface area contributed by atoms with E-state index in [1.807, 2.05) is 31.2 Å². The molecule has 1 N–H and O–H groups in total. The smallest absolute Gasteiger partial charge is 0.310 e. The molecule has 1 heterocycles. The van der Waals surface area contributed by atoms with Crippen molar-refractivity contribution in [2.24, 2.45) is 5.92 Å². The summed E-state index contributed by atoms with van der Waals surface area (Å²) in [6, 6.07) is 12.6. The lowest BCUT2D eigenvalue weighted by Gasteiger charge is -2.30. The van der Waals surface area contributed by atoms with Crippen molar-refractivity contribution in [1.82, 2.24) is 9.62 Å². The standard InChI is InChI=1S/C24H29FN2O5S/c1-18-4-6-19(7-5-18)8-13-23(28)26-14-16-32-24(29)20-3-2-15-27(17-20)33(30,31)22-11-9-21(25)10-12-22/h4-7,9-12,20H,2-3,8,13-17H2,1H3,(H,26,28).